The Balaban J connectivity index is 0.000000147. The van der Waals surface area contributed by atoms with Gasteiger partial charge < -0.3 is 72.2 Å². The quantitative estimate of drug-likeness (QED) is 0.233. The molecular formula is C83H118O15. The summed E-state index contributed by atoms with van der Waals surface area (Å²) in [6.07, 6.45) is 19.3. The number of ether oxygens (including phenoxy) is 12. The van der Waals surface area contributed by atoms with E-state index >= 15 is 0 Å². The van der Waals surface area contributed by atoms with Crippen LogP contribution in [0.1, 0.15) is 215 Å². The highest BCUT2D eigenvalue weighted by molar-refractivity contribution is 5.29. The second kappa shape index (κ2) is 25.0. The van der Waals surface area contributed by atoms with Gasteiger partial charge in [-0.1, -0.05) is 146 Å². The molecule has 540 valence electrons. The third-order valence-electron chi connectivity index (χ3n) is 31.7. The minimum absolute atomic E-state index is 0.0397. The number of aliphatic hydroxyl groups excluding tert-OH is 3. The van der Waals surface area contributed by atoms with Crippen LogP contribution in [0, 0.1) is 98.6 Å². The summed E-state index contributed by atoms with van der Waals surface area (Å²) in [6.45, 7) is 28.1. The average Bonchev–Trinajstić information content (AvgIpc) is 1.52. The molecule has 16 aliphatic rings. The Morgan fingerprint density at radius 3 is 1.34 bits per heavy atom. The molecule has 2 aromatic carbocycles. The molecular weight excluding hydrogens is 1240 g/mol. The number of benzene rings is 2. The van der Waals surface area contributed by atoms with Crippen LogP contribution < -0.4 is 0 Å². The molecule has 3 N–H and O–H groups in total. The Kier molecular flexibility index (Phi) is 17.4. The first kappa shape index (κ1) is 68.4. The van der Waals surface area contributed by atoms with Gasteiger partial charge in [-0.2, -0.15) is 0 Å². The fourth-order valence-corrected chi connectivity index (χ4v) is 25.6. The van der Waals surface area contributed by atoms with Gasteiger partial charge in [0.1, 0.15) is 41.7 Å². The van der Waals surface area contributed by atoms with Gasteiger partial charge in [0.15, 0.2) is 36.7 Å². The number of hydrogen-bond acceptors (Lipinski definition) is 15. The number of allylic oxidation sites excluding steroid dienone is 2. The Hall–Kier alpha value is -2.68. The van der Waals surface area contributed by atoms with Gasteiger partial charge in [0.2, 0.25) is 0 Å². The molecule has 2 aromatic rings. The van der Waals surface area contributed by atoms with Crippen molar-refractivity contribution in [3.05, 3.63) is 95.1 Å². The largest absolute Gasteiger partial charge is 0.387 e. The molecule has 98 heavy (non-hydrogen) atoms. The van der Waals surface area contributed by atoms with Crippen LogP contribution >= 0.6 is 0 Å². The van der Waals surface area contributed by atoms with Crippen LogP contribution in [0.4, 0.5) is 0 Å². The summed E-state index contributed by atoms with van der Waals surface area (Å²) in [5.41, 5.74) is 4.17. The summed E-state index contributed by atoms with van der Waals surface area (Å²) in [4.78, 5) is 0. The number of aliphatic hydroxyl groups is 3. The molecule has 8 heterocycles. The zero-order chi connectivity index (χ0) is 67.8. The van der Waals surface area contributed by atoms with E-state index in [4.69, 9.17) is 56.8 Å². The maximum Gasteiger partial charge on any atom is 0.187 e. The lowest BCUT2D eigenvalue weighted by molar-refractivity contribution is -0.398. The molecule has 0 radical (unpaired) electrons. The molecule has 6 saturated carbocycles. The lowest BCUT2D eigenvalue weighted by atomic mass is 9.47. The predicted octanol–water partition coefficient (Wildman–Crippen LogP) is 14.7. The molecule has 8 aliphatic heterocycles. The van der Waals surface area contributed by atoms with Gasteiger partial charge in [-0.05, 0) is 197 Å². The minimum Gasteiger partial charge on any atom is -0.387 e. The summed E-state index contributed by atoms with van der Waals surface area (Å²) >= 11 is 0. The van der Waals surface area contributed by atoms with Gasteiger partial charge in [0.05, 0.1) is 50.8 Å². The van der Waals surface area contributed by atoms with Gasteiger partial charge >= 0.3 is 0 Å². The topological polar surface area (TPSA) is 171 Å². The van der Waals surface area contributed by atoms with Crippen LogP contribution in [0.15, 0.2) is 84.0 Å². The van der Waals surface area contributed by atoms with Gasteiger partial charge in [0, 0.05) is 41.7 Å². The fraction of sp³-hybridized carbons (Fsp3) is 0.807. The maximum absolute atomic E-state index is 11.6. The van der Waals surface area contributed by atoms with Crippen molar-refractivity contribution in [3.63, 3.8) is 0 Å². The Morgan fingerprint density at radius 2 is 0.888 bits per heavy atom. The minimum atomic E-state index is -1.22. The van der Waals surface area contributed by atoms with Crippen molar-refractivity contribution in [2.45, 2.75) is 295 Å². The van der Waals surface area contributed by atoms with Crippen molar-refractivity contribution in [3.8, 4) is 0 Å². The molecule has 8 saturated heterocycles. The Labute approximate surface area is 584 Å². The first-order chi connectivity index (χ1) is 46.9. The molecule has 0 aromatic heterocycles. The van der Waals surface area contributed by atoms with Crippen LogP contribution in [-0.4, -0.2) is 132 Å². The van der Waals surface area contributed by atoms with Gasteiger partial charge in [-0.15, -0.1) is 0 Å². The van der Waals surface area contributed by atoms with Gasteiger partial charge in [0.25, 0.3) is 0 Å². The van der Waals surface area contributed by atoms with Crippen LogP contribution in [-0.2, 0) is 56.8 Å². The third kappa shape index (κ3) is 10.6. The van der Waals surface area contributed by atoms with E-state index in [0.717, 1.165) is 94.0 Å². The van der Waals surface area contributed by atoms with Crippen LogP contribution in [0.5, 0.6) is 0 Å². The highest BCUT2D eigenvalue weighted by atomic mass is 16.8. The third-order valence-corrected chi connectivity index (χ3v) is 31.7. The summed E-state index contributed by atoms with van der Waals surface area (Å²) < 4.78 is 78.2. The fourth-order valence-electron chi connectivity index (χ4n) is 25.6. The Morgan fingerprint density at radius 1 is 0.449 bits per heavy atom. The predicted molar refractivity (Wildman–Crippen MR) is 367 cm³/mol. The number of hydrogen-bond donors (Lipinski definition) is 3. The average molecular weight is 1360 g/mol. The van der Waals surface area contributed by atoms with Crippen molar-refractivity contribution < 1.29 is 72.2 Å². The first-order valence-electron chi connectivity index (χ1n) is 39.3. The highest BCUT2D eigenvalue weighted by Gasteiger charge is 2.71. The lowest BCUT2D eigenvalue weighted by Crippen LogP contribution is -2.69. The molecule has 15 heteroatoms. The van der Waals surface area contributed by atoms with Gasteiger partial charge in [-0.25, -0.2) is 0 Å². The van der Waals surface area contributed by atoms with Crippen molar-refractivity contribution in [1.82, 2.24) is 0 Å². The molecule has 14 fully saturated rings. The summed E-state index contributed by atoms with van der Waals surface area (Å²) in [5.74, 6) is 6.69. The lowest BCUT2D eigenvalue weighted by Gasteiger charge is -2.59. The second-order valence-electron chi connectivity index (χ2n) is 36.5. The van der Waals surface area contributed by atoms with Crippen LogP contribution in [0.3, 0.4) is 0 Å². The molecule has 8 aliphatic carbocycles. The van der Waals surface area contributed by atoms with E-state index in [0.29, 0.717) is 88.8 Å². The van der Waals surface area contributed by atoms with E-state index in [1.165, 1.54) is 63.4 Å². The zero-order valence-electron chi connectivity index (χ0n) is 60.7. The molecule has 0 amide bonds. The van der Waals surface area contributed by atoms with Crippen molar-refractivity contribution >= 4 is 0 Å². The van der Waals surface area contributed by atoms with Crippen molar-refractivity contribution in [1.29, 1.82) is 0 Å². The standard InChI is InChI=1S/C42H60O7.C41H58O8/c1-24-14-19-42(45-22-24)25(2)35-33(48-42)21-32-30-13-12-28-20-29(15-17-39(28,4)31(30)16-18-40(32,35)5)46-38-36(43)26(3)41(6)34(47-38)23-44-37(49-41)27-10-8-7-9-11-27;1-23-13-18-41(45-21-23)24(2)33-31(48-41)20-30-28-12-11-26-19-27(14-16-38(26,3)29(28)15-17-39(30,33)4)46-37-34(42)35(43)40(5)32(47-37)22-44-36(49-40)25-9-7-6-8-10-25/h7-12,24-26,29-38,43H,13-23H2,1-6H3;6-11,23-24,27-37,42-43H,12-22H2,1-5H3/t24-,25+,26-,29+,30-,31+,32+,33+,34?,35+,36?,37?,38-,39+,40+,41-,42-;23-,24+,27+,28-,29+,30+,31+,32?,33+,34?,35-,36?,37-,38+,39+,40-,41-/m11/s1. The molecule has 0 bridgehead atoms. The molecule has 34 atom stereocenters. The zero-order valence-corrected chi connectivity index (χ0v) is 60.7. The summed E-state index contributed by atoms with van der Waals surface area (Å²) in [7, 11) is 0. The molecule has 18 rings (SSSR count). The van der Waals surface area contributed by atoms with Crippen molar-refractivity contribution in [2.75, 3.05) is 26.4 Å². The van der Waals surface area contributed by atoms with Gasteiger partial charge in [-0.3, -0.25) is 0 Å². The second-order valence-corrected chi connectivity index (χ2v) is 36.5. The normalized spacial score (nSPS) is 55.1. The van der Waals surface area contributed by atoms with Crippen LogP contribution in [0.25, 0.3) is 0 Å². The molecule has 15 nitrogen and oxygen atoms in total. The van der Waals surface area contributed by atoms with E-state index in [9.17, 15) is 15.3 Å². The van der Waals surface area contributed by atoms with E-state index in [1.54, 1.807) is 12.5 Å². The highest BCUT2D eigenvalue weighted by Crippen LogP contribution is 2.73. The monoisotopic (exact) mass is 1350 g/mol. The number of rotatable bonds is 6. The van der Waals surface area contributed by atoms with E-state index in [-0.39, 0.29) is 53.2 Å². The SMILES string of the molecule is C[C@@H]1CC[C@@]2(OC1)O[C@H]1C[C@H]3[C@@H]4CC=C5C[C@@H](O[C@@H]6OC7COC(c8ccccc8)O[C@@]7(C)[C@H](O)C6O)CC[C@]5(C)[C@H]4CC[C@]3(C)[C@H]1[C@@H]2C.C[C@@H]1CC[C@@]2(OC1)O[C@H]1C[C@H]3[C@@H]4CC=C5C[C@@H](O[C@@H]6OC7COC(c8ccccc8)O[C@]7(C)[C@H](C)C6O)CC[C@]5(C)[C@H]4CC[C@]3(C)[C@H]1[C@@H]2C. The van der Waals surface area contributed by atoms with Crippen molar-refractivity contribution in [2.24, 2.45) is 98.6 Å². The number of fused-ring (bicyclic) bond motifs is 16. The summed E-state index contributed by atoms with van der Waals surface area (Å²) in [5, 5.41) is 34.2. The van der Waals surface area contributed by atoms with E-state index in [2.05, 4.69) is 81.4 Å². The molecule has 6 unspecified atom stereocenters. The van der Waals surface area contributed by atoms with E-state index < -0.39 is 60.8 Å². The Bertz CT molecular complexity index is 3050. The summed E-state index contributed by atoms with van der Waals surface area (Å²) in [6, 6.07) is 19.7. The smallest absolute Gasteiger partial charge is 0.187 e. The maximum atomic E-state index is 11.6. The first-order valence-corrected chi connectivity index (χ1v) is 39.3. The molecule has 2 spiro atoms. The van der Waals surface area contributed by atoms with Crippen LogP contribution in [0.2, 0.25) is 0 Å². The van der Waals surface area contributed by atoms with E-state index in [1.807, 2.05) is 60.7 Å².